The van der Waals surface area contributed by atoms with Crippen molar-refractivity contribution in [2.75, 3.05) is 13.2 Å². The number of rotatable bonds is 4. The molecular formula is C16H13BrN2O3S2. The first-order chi connectivity index (χ1) is 11.8. The average Bonchev–Trinajstić information content (AvgIpc) is 3.16. The molecule has 0 fully saturated rings. The molecule has 3 aromatic rings. The van der Waals surface area contributed by atoms with Gasteiger partial charge in [0.25, 0.3) is 0 Å². The number of thiophene rings is 1. The highest BCUT2D eigenvalue weighted by Gasteiger charge is 2.13. The largest absolute Gasteiger partial charge is 0.490 e. The fraction of sp³-hybridized carbons (Fsp3) is 0.250. The molecule has 4 rings (SSSR count). The maximum absolute atomic E-state index is 5.71. The van der Waals surface area contributed by atoms with Gasteiger partial charge >= 0.3 is 0 Å². The quantitative estimate of drug-likeness (QED) is 0.548. The van der Waals surface area contributed by atoms with Crippen LogP contribution in [0.15, 0.2) is 43.5 Å². The number of hydrogen-bond acceptors (Lipinski definition) is 7. The Balaban J connectivity index is 1.44. The highest BCUT2D eigenvalue weighted by Crippen LogP contribution is 2.35. The summed E-state index contributed by atoms with van der Waals surface area (Å²) in [4.78, 5) is 6.51. The molecule has 0 atom stereocenters. The van der Waals surface area contributed by atoms with Gasteiger partial charge in [0, 0.05) is 21.2 Å². The fourth-order valence-electron chi connectivity index (χ4n) is 2.22. The minimum absolute atomic E-state index is 0.603. The summed E-state index contributed by atoms with van der Waals surface area (Å²) in [5.41, 5.74) is 0. The number of benzene rings is 1. The van der Waals surface area contributed by atoms with Gasteiger partial charge in [0.15, 0.2) is 11.5 Å². The van der Waals surface area contributed by atoms with Gasteiger partial charge in [0.05, 0.1) is 23.8 Å². The summed E-state index contributed by atoms with van der Waals surface area (Å²) in [5.74, 6) is 3.44. The minimum Gasteiger partial charge on any atom is -0.490 e. The van der Waals surface area contributed by atoms with Crippen LogP contribution in [0, 0.1) is 0 Å². The van der Waals surface area contributed by atoms with Crippen molar-refractivity contribution < 1.29 is 14.0 Å². The number of halogens is 1. The molecule has 0 aliphatic carbocycles. The lowest BCUT2D eigenvalue weighted by Gasteiger charge is -2.08. The number of nitrogens with zero attached hydrogens (tertiary/aromatic N) is 2. The molecule has 0 spiro atoms. The van der Waals surface area contributed by atoms with E-state index in [-0.39, 0.29) is 0 Å². The van der Waals surface area contributed by atoms with Gasteiger partial charge in [-0.15, -0.1) is 23.1 Å². The first kappa shape index (κ1) is 16.0. The average molecular weight is 425 g/mol. The standard InChI is InChI=1S/C16H13BrN2O3S2/c17-10-6-14(24-8-10)16-18-15(22-19-16)9-23-11-2-3-12-13(7-11)21-5-1-4-20-12/h2-3,6-8H,1,4-5,9H2. The van der Waals surface area contributed by atoms with Crippen LogP contribution in [0.4, 0.5) is 0 Å². The van der Waals surface area contributed by atoms with Crippen molar-refractivity contribution in [1.29, 1.82) is 0 Å². The van der Waals surface area contributed by atoms with Crippen molar-refractivity contribution in [3.8, 4) is 22.2 Å². The molecule has 8 heteroatoms. The lowest BCUT2D eigenvalue weighted by molar-refractivity contribution is 0.297. The van der Waals surface area contributed by atoms with E-state index in [1.54, 1.807) is 23.1 Å². The summed E-state index contributed by atoms with van der Waals surface area (Å²) in [6, 6.07) is 7.95. The lowest BCUT2D eigenvalue weighted by Crippen LogP contribution is -1.97. The van der Waals surface area contributed by atoms with Crippen molar-refractivity contribution in [1.82, 2.24) is 10.1 Å². The van der Waals surface area contributed by atoms with E-state index in [0.29, 0.717) is 30.7 Å². The Morgan fingerprint density at radius 1 is 1.17 bits per heavy atom. The van der Waals surface area contributed by atoms with Gasteiger partial charge < -0.3 is 14.0 Å². The van der Waals surface area contributed by atoms with Crippen molar-refractivity contribution in [3.05, 3.63) is 40.0 Å². The molecule has 2 aromatic heterocycles. The van der Waals surface area contributed by atoms with Crippen LogP contribution in [-0.2, 0) is 5.75 Å². The summed E-state index contributed by atoms with van der Waals surface area (Å²) >= 11 is 6.64. The van der Waals surface area contributed by atoms with Crippen molar-refractivity contribution in [2.45, 2.75) is 17.1 Å². The van der Waals surface area contributed by atoms with Crippen LogP contribution in [-0.4, -0.2) is 23.4 Å². The second kappa shape index (κ2) is 7.16. The van der Waals surface area contributed by atoms with Gasteiger partial charge in [-0.3, -0.25) is 0 Å². The second-order valence-electron chi connectivity index (χ2n) is 5.09. The Morgan fingerprint density at radius 2 is 2.04 bits per heavy atom. The molecule has 24 heavy (non-hydrogen) atoms. The van der Waals surface area contributed by atoms with E-state index >= 15 is 0 Å². The highest BCUT2D eigenvalue weighted by molar-refractivity contribution is 9.10. The number of thioether (sulfide) groups is 1. The SMILES string of the molecule is Brc1csc(-c2noc(CSc3ccc4c(c3)OCCCO4)n2)c1. The molecule has 0 radical (unpaired) electrons. The Bertz CT molecular complexity index is 849. The number of aromatic nitrogens is 2. The van der Waals surface area contributed by atoms with E-state index in [9.17, 15) is 0 Å². The van der Waals surface area contributed by atoms with Gasteiger partial charge in [-0.05, 0) is 40.2 Å². The van der Waals surface area contributed by atoms with E-state index < -0.39 is 0 Å². The second-order valence-corrected chi connectivity index (χ2v) is 7.96. The van der Waals surface area contributed by atoms with Crippen LogP contribution >= 0.6 is 39.0 Å². The highest BCUT2D eigenvalue weighted by atomic mass is 79.9. The molecule has 5 nitrogen and oxygen atoms in total. The van der Waals surface area contributed by atoms with Crippen LogP contribution in [0.2, 0.25) is 0 Å². The predicted octanol–water partition coefficient (Wildman–Crippen LogP) is 5.01. The molecule has 0 N–H and O–H groups in total. The zero-order chi connectivity index (χ0) is 16.4. The van der Waals surface area contributed by atoms with Crippen molar-refractivity contribution in [3.63, 3.8) is 0 Å². The molecule has 0 saturated heterocycles. The van der Waals surface area contributed by atoms with E-state index in [1.165, 1.54) is 0 Å². The lowest BCUT2D eigenvalue weighted by atomic mass is 10.3. The van der Waals surface area contributed by atoms with Crippen molar-refractivity contribution in [2.24, 2.45) is 0 Å². The van der Waals surface area contributed by atoms with Crippen LogP contribution in [0.5, 0.6) is 11.5 Å². The monoisotopic (exact) mass is 424 g/mol. The van der Waals surface area contributed by atoms with Crippen LogP contribution in [0.3, 0.4) is 0 Å². The van der Waals surface area contributed by atoms with Crippen LogP contribution in [0.1, 0.15) is 12.3 Å². The van der Waals surface area contributed by atoms with Gasteiger partial charge in [0.2, 0.25) is 11.7 Å². The van der Waals surface area contributed by atoms with Gasteiger partial charge in [-0.2, -0.15) is 4.98 Å². The zero-order valence-electron chi connectivity index (χ0n) is 12.5. The smallest absolute Gasteiger partial charge is 0.237 e. The Labute approximate surface area is 155 Å². The maximum atomic E-state index is 5.71. The summed E-state index contributed by atoms with van der Waals surface area (Å²) in [5, 5.41) is 6.04. The van der Waals surface area contributed by atoms with Gasteiger partial charge in [-0.25, -0.2) is 0 Å². The third-order valence-corrected chi connectivity index (χ3v) is 6.00. The normalized spacial score (nSPS) is 13.7. The molecular weight excluding hydrogens is 412 g/mol. The summed E-state index contributed by atoms with van der Waals surface area (Å²) in [6.07, 6.45) is 0.904. The van der Waals surface area contributed by atoms with Gasteiger partial charge in [0.1, 0.15) is 0 Å². The van der Waals surface area contributed by atoms with E-state index in [4.69, 9.17) is 14.0 Å². The number of hydrogen-bond donors (Lipinski definition) is 0. The van der Waals surface area contributed by atoms with E-state index in [2.05, 4.69) is 26.1 Å². The van der Waals surface area contributed by atoms with E-state index in [0.717, 1.165) is 32.2 Å². The molecule has 0 unspecified atom stereocenters. The molecule has 0 bridgehead atoms. The Morgan fingerprint density at radius 3 is 2.88 bits per heavy atom. The topological polar surface area (TPSA) is 57.4 Å². The number of ether oxygens (including phenoxy) is 2. The van der Waals surface area contributed by atoms with E-state index in [1.807, 2.05) is 29.6 Å². The van der Waals surface area contributed by atoms with Crippen LogP contribution in [0.25, 0.3) is 10.7 Å². The maximum Gasteiger partial charge on any atom is 0.237 e. The van der Waals surface area contributed by atoms with Crippen molar-refractivity contribution >= 4 is 39.0 Å². The van der Waals surface area contributed by atoms with Crippen LogP contribution < -0.4 is 9.47 Å². The molecule has 1 aliphatic rings. The summed E-state index contributed by atoms with van der Waals surface area (Å²) < 4.78 is 17.7. The Kier molecular flexibility index (Phi) is 4.77. The molecule has 1 aromatic carbocycles. The zero-order valence-corrected chi connectivity index (χ0v) is 15.7. The molecule has 0 saturated carbocycles. The first-order valence-corrected chi connectivity index (χ1v) is 10.0. The minimum atomic E-state index is 0.603. The Hall–Kier alpha value is -1.51. The molecule has 0 amide bonds. The third kappa shape index (κ3) is 3.60. The summed E-state index contributed by atoms with van der Waals surface area (Å²) in [6.45, 7) is 1.38. The molecule has 124 valence electrons. The third-order valence-electron chi connectivity index (χ3n) is 3.34. The van der Waals surface area contributed by atoms with Gasteiger partial charge in [-0.1, -0.05) is 5.16 Å². The number of fused-ring (bicyclic) bond motifs is 1. The molecule has 3 heterocycles. The predicted molar refractivity (Wildman–Crippen MR) is 96.9 cm³/mol. The molecule has 1 aliphatic heterocycles. The fourth-order valence-corrected chi connectivity index (χ4v) is 4.34. The first-order valence-electron chi connectivity index (χ1n) is 7.37. The summed E-state index contributed by atoms with van der Waals surface area (Å²) in [7, 11) is 0.